The normalized spacial score (nSPS) is 13.9. The first-order valence-corrected chi connectivity index (χ1v) is 7.34. The van der Waals surface area contributed by atoms with Gasteiger partial charge >= 0.3 is 6.18 Å². The number of hydrogen-bond donors (Lipinski definition) is 1. The maximum absolute atomic E-state index is 13.8. The zero-order chi connectivity index (χ0) is 14.6. The maximum Gasteiger partial charge on any atom is 0.416 e. The van der Waals surface area contributed by atoms with Gasteiger partial charge in [0.05, 0.1) is 9.30 Å². The first-order valence-electron chi connectivity index (χ1n) is 5.51. The van der Waals surface area contributed by atoms with E-state index in [1.165, 1.54) is 0 Å². The molecule has 0 aliphatic heterocycles. The predicted molar refractivity (Wildman–Crippen MR) is 72.1 cm³/mol. The molecule has 1 N–H and O–H groups in total. The third-order valence-electron chi connectivity index (χ3n) is 2.71. The van der Waals surface area contributed by atoms with Crippen molar-refractivity contribution in [2.75, 3.05) is 6.61 Å². The molecule has 108 valence electrons. The van der Waals surface area contributed by atoms with Gasteiger partial charge in [-0.05, 0) is 36.5 Å². The Labute approximate surface area is 125 Å². The molecule has 1 aromatic rings. The van der Waals surface area contributed by atoms with Crippen LogP contribution in [0.1, 0.15) is 29.9 Å². The van der Waals surface area contributed by atoms with Crippen molar-refractivity contribution in [1.82, 2.24) is 0 Å². The molecule has 0 saturated heterocycles. The summed E-state index contributed by atoms with van der Waals surface area (Å²) in [6, 6.07) is 2.50. The van der Waals surface area contributed by atoms with E-state index in [0.29, 0.717) is 12.5 Å². The van der Waals surface area contributed by atoms with Gasteiger partial charge in [-0.25, -0.2) is 4.39 Å². The highest BCUT2D eigenvalue weighted by Gasteiger charge is 2.31. The van der Waals surface area contributed by atoms with Crippen LogP contribution in [0.2, 0.25) is 0 Å². The monoisotopic (exact) mass is 406 g/mol. The van der Waals surface area contributed by atoms with Crippen molar-refractivity contribution in [1.29, 1.82) is 0 Å². The number of alkyl halides is 5. The summed E-state index contributed by atoms with van der Waals surface area (Å²) >= 11 is 6.49. The SMILES string of the molecule is OCCC(CC(Br)Br)c1ccc(C(F)(F)F)cc1F. The minimum absolute atomic E-state index is 0.0988. The summed E-state index contributed by atoms with van der Waals surface area (Å²) in [6.07, 6.45) is -3.81. The van der Waals surface area contributed by atoms with E-state index < -0.39 is 17.6 Å². The van der Waals surface area contributed by atoms with E-state index >= 15 is 0 Å². The van der Waals surface area contributed by atoms with Crippen LogP contribution in [0.15, 0.2) is 18.2 Å². The lowest BCUT2D eigenvalue weighted by atomic mass is 9.92. The molecule has 0 spiro atoms. The van der Waals surface area contributed by atoms with Gasteiger partial charge in [-0.15, -0.1) is 0 Å². The van der Waals surface area contributed by atoms with Gasteiger partial charge < -0.3 is 5.11 Å². The summed E-state index contributed by atoms with van der Waals surface area (Å²) < 4.78 is 51.0. The summed E-state index contributed by atoms with van der Waals surface area (Å²) in [7, 11) is 0. The molecule has 0 aliphatic rings. The fourth-order valence-corrected chi connectivity index (χ4v) is 2.71. The summed E-state index contributed by atoms with van der Waals surface area (Å²) in [5.74, 6) is -1.25. The highest BCUT2D eigenvalue weighted by atomic mass is 79.9. The minimum Gasteiger partial charge on any atom is -0.396 e. The lowest BCUT2D eigenvalue weighted by molar-refractivity contribution is -0.137. The molecule has 0 heterocycles. The van der Waals surface area contributed by atoms with Crippen LogP contribution in [0.5, 0.6) is 0 Å². The topological polar surface area (TPSA) is 20.2 Å². The Morgan fingerprint density at radius 1 is 1.21 bits per heavy atom. The van der Waals surface area contributed by atoms with Crippen LogP contribution in [0.3, 0.4) is 0 Å². The molecular weight excluding hydrogens is 396 g/mol. The maximum atomic E-state index is 13.8. The van der Waals surface area contributed by atoms with E-state index in [1.54, 1.807) is 0 Å². The van der Waals surface area contributed by atoms with Crippen LogP contribution in [-0.4, -0.2) is 15.4 Å². The Hall–Kier alpha value is -0.140. The first kappa shape index (κ1) is 16.9. The number of halogens is 6. The molecular formula is C12H12Br2F4O. The fourth-order valence-electron chi connectivity index (χ4n) is 1.81. The summed E-state index contributed by atoms with van der Waals surface area (Å²) in [5.41, 5.74) is -0.823. The first-order chi connectivity index (χ1) is 8.75. The second-order valence-corrected chi connectivity index (χ2v) is 7.51. The quantitative estimate of drug-likeness (QED) is 0.548. The van der Waals surface area contributed by atoms with Crippen LogP contribution >= 0.6 is 31.9 Å². The van der Waals surface area contributed by atoms with Crippen molar-refractivity contribution in [3.8, 4) is 0 Å². The van der Waals surface area contributed by atoms with Gasteiger partial charge in [0, 0.05) is 6.61 Å². The van der Waals surface area contributed by atoms with E-state index in [0.717, 1.165) is 12.1 Å². The third kappa shape index (κ3) is 5.04. The van der Waals surface area contributed by atoms with Crippen molar-refractivity contribution in [2.45, 2.75) is 28.7 Å². The Balaban J connectivity index is 3.04. The van der Waals surface area contributed by atoms with Gasteiger partial charge in [0.2, 0.25) is 0 Å². The smallest absolute Gasteiger partial charge is 0.396 e. The van der Waals surface area contributed by atoms with Crippen molar-refractivity contribution in [2.24, 2.45) is 0 Å². The number of aliphatic hydroxyl groups excluding tert-OH is 1. The number of rotatable bonds is 5. The highest BCUT2D eigenvalue weighted by molar-refractivity contribution is 9.24. The molecule has 0 saturated carbocycles. The molecule has 0 bridgehead atoms. The molecule has 0 aromatic heterocycles. The predicted octanol–water partition coefficient (Wildman–Crippen LogP) is 4.82. The minimum atomic E-state index is -4.56. The zero-order valence-corrected chi connectivity index (χ0v) is 12.9. The van der Waals surface area contributed by atoms with Crippen molar-refractivity contribution >= 4 is 31.9 Å². The number of benzene rings is 1. The van der Waals surface area contributed by atoms with E-state index in [1.807, 2.05) is 0 Å². The van der Waals surface area contributed by atoms with Crippen molar-refractivity contribution in [3.05, 3.63) is 35.1 Å². The van der Waals surface area contributed by atoms with E-state index in [4.69, 9.17) is 5.11 Å². The van der Waals surface area contributed by atoms with Crippen LogP contribution in [-0.2, 0) is 6.18 Å². The number of hydrogen-bond acceptors (Lipinski definition) is 1. The lowest BCUT2D eigenvalue weighted by Crippen LogP contribution is -2.10. The zero-order valence-electron chi connectivity index (χ0n) is 9.72. The Kier molecular flexibility index (Phi) is 6.26. The molecule has 0 amide bonds. The Morgan fingerprint density at radius 3 is 2.26 bits per heavy atom. The van der Waals surface area contributed by atoms with Gasteiger partial charge in [0.15, 0.2) is 0 Å². The van der Waals surface area contributed by atoms with Gasteiger partial charge in [-0.2, -0.15) is 13.2 Å². The van der Waals surface area contributed by atoms with E-state index in [-0.39, 0.29) is 28.2 Å². The summed E-state index contributed by atoms with van der Waals surface area (Å²) in [5, 5.41) is 8.95. The molecule has 7 heteroatoms. The van der Waals surface area contributed by atoms with E-state index in [9.17, 15) is 17.6 Å². The third-order valence-corrected chi connectivity index (χ3v) is 3.46. The largest absolute Gasteiger partial charge is 0.416 e. The number of aliphatic hydroxyl groups is 1. The molecule has 0 aliphatic carbocycles. The van der Waals surface area contributed by atoms with Crippen LogP contribution in [0, 0.1) is 5.82 Å². The van der Waals surface area contributed by atoms with Crippen LogP contribution in [0.25, 0.3) is 0 Å². The summed E-state index contributed by atoms with van der Waals surface area (Å²) in [6.45, 7) is -0.155. The van der Waals surface area contributed by atoms with Gasteiger partial charge in [-0.3, -0.25) is 0 Å². The molecule has 1 nitrogen and oxygen atoms in total. The molecule has 19 heavy (non-hydrogen) atoms. The van der Waals surface area contributed by atoms with Crippen molar-refractivity contribution in [3.63, 3.8) is 0 Å². The Morgan fingerprint density at radius 2 is 1.84 bits per heavy atom. The van der Waals surface area contributed by atoms with Crippen LogP contribution < -0.4 is 0 Å². The van der Waals surface area contributed by atoms with Crippen LogP contribution in [0.4, 0.5) is 17.6 Å². The average Bonchev–Trinajstić information content (AvgIpc) is 2.26. The Bertz CT molecular complexity index is 421. The standard InChI is InChI=1S/C12H12Br2F4O/c13-11(14)5-7(3-4-19)9-2-1-8(6-10(9)15)12(16,17)18/h1-2,6-7,11,19H,3-5H2. The molecule has 1 aromatic carbocycles. The second-order valence-electron chi connectivity index (χ2n) is 4.07. The van der Waals surface area contributed by atoms with Gasteiger partial charge in [-0.1, -0.05) is 37.9 Å². The second kappa shape index (κ2) is 7.04. The molecule has 0 radical (unpaired) electrons. The fraction of sp³-hybridized carbons (Fsp3) is 0.500. The average molecular weight is 408 g/mol. The van der Waals surface area contributed by atoms with Gasteiger partial charge in [0.25, 0.3) is 0 Å². The summed E-state index contributed by atoms with van der Waals surface area (Å²) in [4.78, 5) is 0. The molecule has 0 fully saturated rings. The van der Waals surface area contributed by atoms with Crippen molar-refractivity contribution < 1.29 is 22.7 Å². The molecule has 1 unspecified atom stereocenters. The highest BCUT2D eigenvalue weighted by Crippen LogP contribution is 2.35. The molecule has 1 rings (SSSR count). The van der Waals surface area contributed by atoms with Gasteiger partial charge in [0.1, 0.15) is 5.82 Å². The lowest BCUT2D eigenvalue weighted by Gasteiger charge is -2.19. The van der Waals surface area contributed by atoms with E-state index in [2.05, 4.69) is 31.9 Å². The molecule has 1 atom stereocenters.